The van der Waals surface area contributed by atoms with Crippen LogP contribution in [0.2, 0.25) is 0 Å². The van der Waals surface area contributed by atoms with Crippen molar-refractivity contribution in [3.63, 3.8) is 0 Å². The third-order valence-electron chi connectivity index (χ3n) is 4.60. The second-order valence-corrected chi connectivity index (χ2v) is 7.14. The van der Waals surface area contributed by atoms with Crippen LogP contribution in [0.25, 0.3) is 17.8 Å². The van der Waals surface area contributed by atoms with E-state index in [1.807, 2.05) is 30.3 Å². The average Bonchev–Trinajstić information content (AvgIpc) is 2.79. The number of ether oxygens (including phenoxy) is 1. The molecule has 0 radical (unpaired) electrons. The molecular formula is C25H18N2O4S. The van der Waals surface area contributed by atoms with E-state index in [0.29, 0.717) is 22.7 Å². The summed E-state index contributed by atoms with van der Waals surface area (Å²) < 4.78 is 7.17. The van der Waals surface area contributed by atoms with Crippen molar-refractivity contribution in [3.05, 3.63) is 111 Å². The summed E-state index contributed by atoms with van der Waals surface area (Å²) in [5.41, 5.74) is 3.32. The molecule has 158 valence electrons. The molecule has 1 aromatic heterocycles. The van der Waals surface area contributed by atoms with Crippen molar-refractivity contribution in [2.45, 2.75) is 0 Å². The fourth-order valence-corrected chi connectivity index (χ4v) is 3.30. The number of hydrogen-bond acceptors (Lipinski definition) is 5. The van der Waals surface area contributed by atoms with Crippen LogP contribution in [0.4, 0.5) is 0 Å². The first-order valence-electron chi connectivity index (χ1n) is 9.65. The van der Waals surface area contributed by atoms with Gasteiger partial charge in [-0.25, -0.2) is 0 Å². The monoisotopic (exact) mass is 442 g/mol. The van der Waals surface area contributed by atoms with Gasteiger partial charge < -0.3 is 14.9 Å². The van der Waals surface area contributed by atoms with E-state index in [0.717, 1.165) is 0 Å². The minimum atomic E-state index is -0.550. The molecule has 7 heteroatoms. The maximum Gasteiger partial charge on any atom is 0.263 e. The second kappa shape index (κ2) is 9.22. The van der Waals surface area contributed by atoms with Crippen LogP contribution in [0.5, 0.6) is 23.1 Å². The third kappa shape index (κ3) is 4.54. The number of aromatic amines is 1. The van der Waals surface area contributed by atoms with Crippen LogP contribution in [0.3, 0.4) is 0 Å². The third-order valence-corrected chi connectivity index (χ3v) is 4.88. The Morgan fingerprint density at radius 3 is 2.25 bits per heavy atom. The highest BCUT2D eigenvalue weighted by Gasteiger charge is 2.12. The molecular weight excluding hydrogens is 424 g/mol. The molecule has 0 bridgehead atoms. The lowest BCUT2D eigenvalue weighted by Crippen LogP contribution is -2.15. The molecule has 4 rings (SSSR count). The predicted molar refractivity (Wildman–Crippen MR) is 126 cm³/mol. The van der Waals surface area contributed by atoms with Gasteiger partial charge in [0.05, 0.1) is 5.69 Å². The number of aromatic hydroxyl groups is 2. The van der Waals surface area contributed by atoms with Gasteiger partial charge in [0, 0.05) is 5.56 Å². The summed E-state index contributed by atoms with van der Waals surface area (Å²) >= 11 is 5.25. The molecule has 0 aliphatic heterocycles. The predicted octanol–water partition coefficient (Wildman–Crippen LogP) is 5.42. The van der Waals surface area contributed by atoms with Crippen LogP contribution in [0.15, 0.2) is 89.4 Å². The van der Waals surface area contributed by atoms with Crippen molar-refractivity contribution in [2.75, 3.05) is 0 Å². The molecule has 0 unspecified atom stereocenters. The average molecular weight is 442 g/mol. The molecule has 32 heavy (non-hydrogen) atoms. The Balaban J connectivity index is 1.68. The standard InChI is InChI=1S/C25H18N2O4S/c28-22-12-5-4-7-17(22)8-6-11-21-23(29)26-25(32)27(24(21)30)18-13-15-20(16-14-18)31-19-9-2-1-3-10-19/h1-5,7-16,28,30H,(H,26,29,32). The summed E-state index contributed by atoms with van der Waals surface area (Å²) in [6.45, 7) is 0. The summed E-state index contributed by atoms with van der Waals surface area (Å²) in [7, 11) is 0. The normalized spacial score (nSPS) is 10.2. The van der Waals surface area contributed by atoms with Gasteiger partial charge in [-0.3, -0.25) is 14.3 Å². The highest BCUT2D eigenvalue weighted by Crippen LogP contribution is 2.25. The van der Waals surface area contributed by atoms with Crippen LogP contribution in [0, 0.1) is 4.77 Å². The molecule has 0 atom stereocenters. The van der Waals surface area contributed by atoms with Crippen molar-refractivity contribution < 1.29 is 14.9 Å². The van der Waals surface area contributed by atoms with Crippen molar-refractivity contribution in [1.82, 2.24) is 9.55 Å². The zero-order valence-corrected chi connectivity index (χ0v) is 17.5. The van der Waals surface area contributed by atoms with Crippen molar-refractivity contribution in [2.24, 2.45) is 0 Å². The van der Waals surface area contributed by atoms with Crippen LogP contribution in [-0.2, 0) is 0 Å². The van der Waals surface area contributed by atoms with Gasteiger partial charge in [-0.05, 0) is 66.8 Å². The van der Waals surface area contributed by atoms with Crippen molar-refractivity contribution in [1.29, 1.82) is 0 Å². The summed E-state index contributed by atoms with van der Waals surface area (Å²) in [4.78, 5) is 14.9. The molecule has 0 spiro atoms. The molecule has 0 aliphatic carbocycles. The molecule has 1 heterocycles. The molecule has 3 N–H and O–H groups in total. The highest BCUT2D eigenvalue weighted by atomic mass is 32.1. The lowest BCUT2D eigenvalue weighted by Gasteiger charge is -2.12. The largest absolute Gasteiger partial charge is 0.507 e. The van der Waals surface area contributed by atoms with Gasteiger partial charge in [-0.2, -0.15) is 0 Å². The summed E-state index contributed by atoms with van der Waals surface area (Å²) in [5.74, 6) is 1.07. The van der Waals surface area contributed by atoms with Gasteiger partial charge in [0.25, 0.3) is 5.56 Å². The lowest BCUT2D eigenvalue weighted by atomic mass is 10.2. The fraction of sp³-hybridized carbons (Fsp3) is 0. The Kier molecular flexibility index (Phi) is 6.03. The first-order chi connectivity index (χ1) is 15.5. The fourth-order valence-electron chi connectivity index (χ4n) is 3.02. The number of nitrogens with one attached hydrogen (secondary N) is 1. The van der Waals surface area contributed by atoms with E-state index in [1.54, 1.807) is 48.5 Å². The Bertz CT molecular complexity index is 1430. The van der Waals surface area contributed by atoms with E-state index in [-0.39, 0.29) is 22.0 Å². The van der Waals surface area contributed by atoms with E-state index in [9.17, 15) is 15.0 Å². The van der Waals surface area contributed by atoms with Gasteiger partial charge in [0.2, 0.25) is 5.88 Å². The molecule has 6 nitrogen and oxygen atoms in total. The van der Waals surface area contributed by atoms with E-state index in [1.165, 1.54) is 16.7 Å². The van der Waals surface area contributed by atoms with Gasteiger partial charge >= 0.3 is 0 Å². The summed E-state index contributed by atoms with van der Waals surface area (Å²) in [6, 6.07) is 23.0. The van der Waals surface area contributed by atoms with Crippen molar-refractivity contribution >= 4 is 24.4 Å². The number of nitrogens with zero attached hydrogens (tertiary/aromatic N) is 1. The van der Waals surface area contributed by atoms with Gasteiger partial charge in [0.1, 0.15) is 22.8 Å². The number of aromatic nitrogens is 2. The number of phenolic OH excluding ortho intramolecular Hbond substituents is 1. The molecule has 4 aromatic rings. The second-order valence-electron chi connectivity index (χ2n) is 6.76. The molecule has 0 aliphatic rings. The smallest absolute Gasteiger partial charge is 0.263 e. The quantitative estimate of drug-likeness (QED) is 0.284. The highest BCUT2D eigenvalue weighted by molar-refractivity contribution is 7.71. The first-order valence-corrected chi connectivity index (χ1v) is 10.1. The van der Waals surface area contributed by atoms with Crippen LogP contribution < -0.4 is 10.3 Å². The zero-order valence-electron chi connectivity index (χ0n) is 16.7. The van der Waals surface area contributed by atoms with Gasteiger partial charge in [-0.1, -0.05) is 36.4 Å². The maximum atomic E-state index is 12.4. The summed E-state index contributed by atoms with van der Waals surface area (Å²) in [6.07, 6.45) is 2.84. The number of rotatable bonds is 5. The van der Waals surface area contributed by atoms with Crippen molar-refractivity contribution in [3.8, 4) is 28.8 Å². The Morgan fingerprint density at radius 2 is 1.53 bits per heavy atom. The van der Waals surface area contributed by atoms with Crippen LogP contribution >= 0.6 is 12.2 Å². The molecule has 0 saturated carbocycles. The molecule has 0 fully saturated rings. The molecule has 0 amide bonds. The number of para-hydroxylation sites is 2. The zero-order chi connectivity index (χ0) is 22.5. The lowest BCUT2D eigenvalue weighted by molar-refractivity contribution is 0.431. The Morgan fingerprint density at radius 1 is 0.875 bits per heavy atom. The van der Waals surface area contributed by atoms with E-state index in [4.69, 9.17) is 17.0 Å². The van der Waals surface area contributed by atoms with Crippen LogP contribution in [0.1, 0.15) is 11.1 Å². The molecule has 0 saturated heterocycles. The Hall–Kier alpha value is -4.32. The van der Waals surface area contributed by atoms with Gasteiger partial charge in [-0.15, -0.1) is 5.73 Å². The Labute approximate surface area is 188 Å². The van der Waals surface area contributed by atoms with Gasteiger partial charge in [0.15, 0.2) is 4.77 Å². The number of phenols is 1. The SMILES string of the molecule is O=c1[nH]c(=S)n(-c2ccc(Oc3ccccc3)cc2)c(O)c1C=C=Cc1ccccc1O. The molecule has 3 aromatic carbocycles. The van der Waals surface area contributed by atoms with E-state index in [2.05, 4.69) is 10.7 Å². The maximum absolute atomic E-state index is 12.4. The number of benzene rings is 3. The minimum Gasteiger partial charge on any atom is -0.507 e. The first kappa shape index (κ1) is 20.9. The van der Waals surface area contributed by atoms with E-state index >= 15 is 0 Å². The minimum absolute atomic E-state index is 0.0186. The van der Waals surface area contributed by atoms with E-state index < -0.39 is 5.56 Å². The number of hydrogen-bond donors (Lipinski definition) is 3. The summed E-state index contributed by atoms with van der Waals surface area (Å²) in [5, 5.41) is 20.6. The number of H-pyrrole nitrogens is 1. The topological polar surface area (TPSA) is 87.5 Å². The van der Waals surface area contributed by atoms with Crippen LogP contribution in [-0.4, -0.2) is 19.8 Å².